The lowest BCUT2D eigenvalue weighted by Gasteiger charge is -2.08. The van der Waals surface area contributed by atoms with Crippen molar-refractivity contribution in [3.8, 4) is 5.75 Å². The van der Waals surface area contributed by atoms with E-state index in [0.29, 0.717) is 23.8 Å². The van der Waals surface area contributed by atoms with Crippen LogP contribution in [0.1, 0.15) is 37.2 Å². The van der Waals surface area contributed by atoms with Crippen molar-refractivity contribution in [2.75, 3.05) is 7.11 Å². The van der Waals surface area contributed by atoms with E-state index in [2.05, 4.69) is 18.9 Å². The maximum Gasteiger partial charge on any atom is 0.184 e. The number of hydrogen-bond donors (Lipinski definition) is 0. The van der Waals surface area contributed by atoms with Gasteiger partial charge in [0.1, 0.15) is 5.69 Å². The Hall–Kier alpha value is -1.32. The van der Waals surface area contributed by atoms with Crippen molar-refractivity contribution in [3.05, 3.63) is 11.9 Å². The normalized spacial score (nSPS) is 12.5. The van der Waals surface area contributed by atoms with Crippen molar-refractivity contribution >= 4 is 5.78 Å². The lowest BCUT2D eigenvalue weighted by molar-refractivity contribution is 0.0951. The molecule has 4 nitrogen and oxygen atoms in total. The molecule has 0 amide bonds. The molecule has 1 aromatic rings. The maximum absolute atomic E-state index is 11.9. The Labute approximate surface area is 90.2 Å². The summed E-state index contributed by atoms with van der Waals surface area (Å²) < 4.78 is 6.67. The van der Waals surface area contributed by atoms with Gasteiger partial charge in [0.05, 0.1) is 13.3 Å². The molecule has 15 heavy (non-hydrogen) atoms. The average molecular weight is 210 g/mol. The molecule has 0 N–H and O–H groups in total. The molecular formula is C11H18N2O2. The fourth-order valence-corrected chi connectivity index (χ4v) is 1.44. The van der Waals surface area contributed by atoms with Crippen molar-refractivity contribution in [3.63, 3.8) is 0 Å². The van der Waals surface area contributed by atoms with E-state index in [1.165, 1.54) is 0 Å². The highest BCUT2D eigenvalue weighted by atomic mass is 16.5. The van der Waals surface area contributed by atoms with Gasteiger partial charge in [-0.15, -0.1) is 0 Å². The van der Waals surface area contributed by atoms with Crippen molar-refractivity contribution in [2.45, 2.75) is 26.7 Å². The summed E-state index contributed by atoms with van der Waals surface area (Å²) >= 11 is 0. The van der Waals surface area contributed by atoms with Gasteiger partial charge in [0.25, 0.3) is 0 Å². The predicted octanol–water partition coefficient (Wildman–Crippen LogP) is 2.05. The molecule has 0 aliphatic heterocycles. The van der Waals surface area contributed by atoms with Crippen LogP contribution in [0.3, 0.4) is 0 Å². The van der Waals surface area contributed by atoms with Crippen LogP contribution in [0.15, 0.2) is 6.20 Å². The molecule has 0 aliphatic carbocycles. The molecule has 1 rings (SSSR count). The molecule has 0 saturated heterocycles. The Bertz CT molecular complexity index is 344. The number of rotatable bonds is 5. The molecule has 0 fully saturated rings. The smallest absolute Gasteiger partial charge is 0.184 e. The van der Waals surface area contributed by atoms with E-state index in [4.69, 9.17) is 4.74 Å². The van der Waals surface area contributed by atoms with Crippen LogP contribution >= 0.6 is 0 Å². The van der Waals surface area contributed by atoms with E-state index >= 15 is 0 Å². The highest BCUT2D eigenvalue weighted by Gasteiger charge is 2.18. The summed E-state index contributed by atoms with van der Waals surface area (Å²) in [5.41, 5.74) is 0.567. The molecule has 0 aromatic carbocycles. The molecule has 4 heteroatoms. The highest BCUT2D eigenvalue weighted by molar-refractivity contribution is 5.97. The summed E-state index contributed by atoms with van der Waals surface area (Å²) in [5.74, 6) is 1.06. The minimum Gasteiger partial charge on any atom is -0.493 e. The number of ether oxygens (including phenoxy) is 1. The second-order valence-electron chi connectivity index (χ2n) is 3.83. The fraction of sp³-hybridized carbons (Fsp3) is 0.636. The number of aromatic nitrogens is 2. The second kappa shape index (κ2) is 4.96. The van der Waals surface area contributed by atoms with E-state index in [1.807, 2.05) is 0 Å². The van der Waals surface area contributed by atoms with Crippen LogP contribution in [0.5, 0.6) is 5.75 Å². The van der Waals surface area contributed by atoms with Gasteiger partial charge in [0.2, 0.25) is 0 Å². The summed E-state index contributed by atoms with van der Waals surface area (Å²) in [6.07, 6.45) is 3.13. The quantitative estimate of drug-likeness (QED) is 0.699. The van der Waals surface area contributed by atoms with Crippen LogP contribution in [0, 0.1) is 5.92 Å². The molecule has 0 radical (unpaired) electrons. The first-order valence-corrected chi connectivity index (χ1v) is 5.19. The number of ketones is 1. The first kappa shape index (κ1) is 11.8. The molecule has 1 atom stereocenters. The molecule has 0 spiro atoms. The maximum atomic E-state index is 11.9. The number of Topliss-reactive ketones (excluding diaryl/α,β-unsaturated/α-hetero) is 1. The fourth-order valence-electron chi connectivity index (χ4n) is 1.44. The van der Waals surface area contributed by atoms with Crippen LogP contribution in [-0.4, -0.2) is 22.7 Å². The van der Waals surface area contributed by atoms with Gasteiger partial charge in [-0.1, -0.05) is 20.3 Å². The molecule has 0 saturated carbocycles. The topological polar surface area (TPSA) is 44.1 Å². The van der Waals surface area contributed by atoms with Gasteiger partial charge in [-0.3, -0.25) is 9.48 Å². The van der Waals surface area contributed by atoms with E-state index < -0.39 is 0 Å². The monoisotopic (exact) mass is 210 g/mol. The van der Waals surface area contributed by atoms with E-state index in [1.54, 1.807) is 25.0 Å². The van der Waals surface area contributed by atoms with Crippen molar-refractivity contribution in [1.82, 2.24) is 9.78 Å². The Balaban J connectivity index is 2.85. The highest BCUT2D eigenvalue weighted by Crippen LogP contribution is 2.20. The summed E-state index contributed by atoms with van der Waals surface area (Å²) in [6, 6.07) is 0. The summed E-state index contributed by atoms with van der Waals surface area (Å²) in [7, 11) is 3.31. The first-order valence-electron chi connectivity index (χ1n) is 5.19. The first-order chi connectivity index (χ1) is 7.10. The zero-order chi connectivity index (χ0) is 11.4. The van der Waals surface area contributed by atoms with Gasteiger partial charge < -0.3 is 4.74 Å². The average Bonchev–Trinajstić information content (AvgIpc) is 2.59. The van der Waals surface area contributed by atoms with E-state index in [0.717, 1.165) is 6.42 Å². The summed E-state index contributed by atoms with van der Waals surface area (Å²) in [4.78, 5) is 11.9. The van der Waals surface area contributed by atoms with Crippen LogP contribution in [0.4, 0.5) is 0 Å². The third kappa shape index (κ3) is 2.58. The number of aryl methyl sites for hydroxylation is 1. The predicted molar refractivity (Wildman–Crippen MR) is 58.2 cm³/mol. The Morgan fingerprint density at radius 2 is 2.33 bits per heavy atom. The number of nitrogens with zero attached hydrogens (tertiary/aromatic N) is 2. The van der Waals surface area contributed by atoms with Crippen LogP contribution in [0.2, 0.25) is 0 Å². The van der Waals surface area contributed by atoms with Crippen LogP contribution < -0.4 is 4.74 Å². The van der Waals surface area contributed by atoms with Crippen molar-refractivity contribution < 1.29 is 9.53 Å². The van der Waals surface area contributed by atoms with Gasteiger partial charge in [0.15, 0.2) is 11.5 Å². The molecule has 1 heterocycles. The summed E-state index contributed by atoms with van der Waals surface area (Å²) in [6.45, 7) is 4.15. The molecule has 1 aromatic heterocycles. The van der Waals surface area contributed by atoms with Gasteiger partial charge in [-0.25, -0.2) is 0 Å². The van der Waals surface area contributed by atoms with Crippen molar-refractivity contribution in [1.29, 1.82) is 0 Å². The number of carbonyl (C=O) groups is 1. The zero-order valence-corrected chi connectivity index (χ0v) is 9.78. The van der Waals surface area contributed by atoms with E-state index in [-0.39, 0.29) is 5.78 Å². The molecule has 1 unspecified atom stereocenters. The van der Waals surface area contributed by atoms with Crippen LogP contribution in [0.25, 0.3) is 0 Å². The molecule has 84 valence electrons. The zero-order valence-electron chi connectivity index (χ0n) is 9.78. The summed E-state index contributed by atoms with van der Waals surface area (Å²) in [5, 5.41) is 4.01. The third-order valence-corrected chi connectivity index (χ3v) is 2.62. The van der Waals surface area contributed by atoms with Gasteiger partial charge in [-0.05, 0) is 5.92 Å². The second-order valence-corrected chi connectivity index (χ2v) is 3.83. The lowest BCUT2D eigenvalue weighted by Crippen LogP contribution is -2.11. The third-order valence-electron chi connectivity index (χ3n) is 2.62. The molecule has 0 aliphatic rings. The Morgan fingerprint density at radius 3 is 2.87 bits per heavy atom. The minimum atomic E-state index is 0.0983. The largest absolute Gasteiger partial charge is 0.493 e. The molecule has 0 bridgehead atoms. The minimum absolute atomic E-state index is 0.0983. The lowest BCUT2D eigenvalue weighted by atomic mass is 10.0. The van der Waals surface area contributed by atoms with Crippen molar-refractivity contribution in [2.24, 2.45) is 13.0 Å². The van der Waals surface area contributed by atoms with Gasteiger partial charge in [-0.2, -0.15) is 5.10 Å². The number of methoxy groups -OCH3 is 1. The number of hydrogen-bond acceptors (Lipinski definition) is 3. The Morgan fingerprint density at radius 1 is 1.67 bits per heavy atom. The molecular weight excluding hydrogens is 192 g/mol. The Kier molecular flexibility index (Phi) is 3.88. The van der Waals surface area contributed by atoms with Crippen LogP contribution in [-0.2, 0) is 7.05 Å². The standard InChI is InChI=1S/C11H18N2O2/c1-5-8(2)6-9(14)11-10(15-4)7-12-13(11)3/h7-8H,5-6H2,1-4H3. The SMILES string of the molecule is CCC(C)CC(=O)c1c(OC)cnn1C. The van der Waals surface area contributed by atoms with Gasteiger partial charge in [0, 0.05) is 13.5 Å². The van der Waals surface area contributed by atoms with Gasteiger partial charge >= 0.3 is 0 Å². The number of carbonyl (C=O) groups excluding carboxylic acids is 1. The van der Waals surface area contributed by atoms with E-state index in [9.17, 15) is 4.79 Å².